The molecule has 4 rings (SSSR count). The summed E-state index contributed by atoms with van der Waals surface area (Å²) in [5.74, 6) is 3.46. The van der Waals surface area contributed by atoms with Crippen LogP contribution in [0, 0.1) is 6.92 Å². The fraction of sp³-hybridized carbons (Fsp3) is 0.500. The summed E-state index contributed by atoms with van der Waals surface area (Å²) in [5.41, 5.74) is 5.01. The molecule has 1 aromatic carbocycles. The molecule has 126 valence electrons. The van der Waals surface area contributed by atoms with Crippen molar-refractivity contribution in [3.63, 3.8) is 0 Å². The third kappa shape index (κ3) is 3.04. The molecule has 1 N–H and O–H groups in total. The SMILES string of the molecule is Cc1ccccc1CN=C1NC2=CCCCC2=NC12CCSCC2. The van der Waals surface area contributed by atoms with Gasteiger partial charge in [0.05, 0.1) is 18.0 Å². The van der Waals surface area contributed by atoms with E-state index in [4.69, 9.17) is 9.98 Å². The third-order valence-electron chi connectivity index (χ3n) is 5.31. The van der Waals surface area contributed by atoms with Crippen molar-refractivity contribution in [1.82, 2.24) is 5.32 Å². The minimum Gasteiger partial charge on any atom is -0.341 e. The molecule has 2 heterocycles. The van der Waals surface area contributed by atoms with Gasteiger partial charge in [0.25, 0.3) is 0 Å². The van der Waals surface area contributed by atoms with Gasteiger partial charge in [0.1, 0.15) is 11.4 Å². The van der Waals surface area contributed by atoms with Gasteiger partial charge in [-0.25, -0.2) is 0 Å². The van der Waals surface area contributed by atoms with E-state index in [9.17, 15) is 0 Å². The van der Waals surface area contributed by atoms with E-state index >= 15 is 0 Å². The first-order chi connectivity index (χ1) is 11.8. The van der Waals surface area contributed by atoms with Crippen LogP contribution in [0.2, 0.25) is 0 Å². The molecule has 3 nitrogen and oxygen atoms in total. The van der Waals surface area contributed by atoms with Crippen molar-refractivity contribution in [3.8, 4) is 0 Å². The van der Waals surface area contributed by atoms with Gasteiger partial charge in [0.2, 0.25) is 0 Å². The molecule has 0 saturated carbocycles. The van der Waals surface area contributed by atoms with Crippen molar-refractivity contribution in [1.29, 1.82) is 0 Å². The topological polar surface area (TPSA) is 36.8 Å². The smallest absolute Gasteiger partial charge is 0.129 e. The lowest BCUT2D eigenvalue weighted by molar-refractivity contribution is 0.504. The second-order valence-corrected chi connectivity index (χ2v) is 8.15. The van der Waals surface area contributed by atoms with E-state index in [2.05, 4.69) is 42.6 Å². The molecule has 0 amide bonds. The number of rotatable bonds is 2. The largest absolute Gasteiger partial charge is 0.341 e. The zero-order valence-electron chi connectivity index (χ0n) is 14.3. The molecule has 2 aliphatic heterocycles. The molecule has 1 aromatic rings. The average molecular weight is 340 g/mol. The predicted octanol–water partition coefficient (Wildman–Crippen LogP) is 4.27. The van der Waals surface area contributed by atoms with Gasteiger partial charge >= 0.3 is 0 Å². The number of amidine groups is 1. The Morgan fingerprint density at radius 1 is 1.25 bits per heavy atom. The zero-order valence-corrected chi connectivity index (χ0v) is 15.2. The molecule has 0 atom stereocenters. The van der Waals surface area contributed by atoms with E-state index in [0.717, 1.165) is 38.1 Å². The van der Waals surface area contributed by atoms with Gasteiger partial charge < -0.3 is 5.32 Å². The van der Waals surface area contributed by atoms with E-state index in [-0.39, 0.29) is 5.54 Å². The Hall–Kier alpha value is -1.55. The molecule has 3 aliphatic rings. The number of aryl methyl sites for hydroxylation is 1. The second kappa shape index (κ2) is 6.75. The Labute approximate surface area is 148 Å². The number of hydrogen-bond donors (Lipinski definition) is 1. The number of allylic oxidation sites excluding steroid dienone is 2. The van der Waals surface area contributed by atoms with Crippen molar-refractivity contribution in [2.24, 2.45) is 9.98 Å². The highest BCUT2D eigenvalue weighted by Gasteiger charge is 2.41. The van der Waals surface area contributed by atoms with Crippen LogP contribution >= 0.6 is 11.8 Å². The van der Waals surface area contributed by atoms with Gasteiger partial charge in [0.15, 0.2) is 0 Å². The highest BCUT2D eigenvalue weighted by molar-refractivity contribution is 7.99. The van der Waals surface area contributed by atoms with Crippen LogP contribution in [-0.4, -0.2) is 28.6 Å². The van der Waals surface area contributed by atoms with E-state index in [1.807, 2.05) is 11.8 Å². The summed E-state index contributed by atoms with van der Waals surface area (Å²) in [6, 6.07) is 8.54. The Kier molecular flexibility index (Phi) is 4.49. The van der Waals surface area contributed by atoms with Crippen LogP contribution in [0.3, 0.4) is 0 Å². The predicted molar refractivity (Wildman–Crippen MR) is 104 cm³/mol. The highest BCUT2D eigenvalue weighted by Crippen LogP contribution is 2.36. The quantitative estimate of drug-likeness (QED) is 0.873. The van der Waals surface area contributed by atoms with E-state index in [0.29, 0.717) is 0 Å². The molecule has 0 bridgehead atoms. The highest BCUT2D eigenvalue weighted by atomic mass is 32.2. The molecule has 0 aromatic heterocycles. The van der Waals surface area contributed by atoms with Crippen LogP contribution in [0.15, 0.2) is 46.0 Å². The average Bonchev–Trinajstić information content (AvgIpc) is 2.62. The second-order valence-electron chi connectivity index (χ2n) is 6.93. The number of nitrogens with zero attached hydrogens (tertiary/aromatic N) is 2. The number of aliphatic imine (C=N–C) groups is 2. The van der Waals surface area contributed by atoms with E-state index in [1.165, 1.54) is 40.5 Å². The Balaban J connectivity index is 1.68. The van der Waals surface area contributed by atoms with E-state index in [1.54, 1.807) is 0 Å². The lowest BCUT2D eigenvalue weighted by Crippen LogP contribution is -2.53. The van der Waals surface area contributed by atoms with Gasteiger partial charge in [-0.1, -0.05) is 30.3 Å². The van der Waals surface area contributed by atoms with Crippen molar-refractivity contribution in [3.05, 3.63) is 47.2 Å². The Morgan fingerprint density at radius 3 is 2.92 bits per heavy atom. The van der Waals surface area contributed by atoms with Gasteiger partial charge in [-0.05, 0) is 61.7 Å². The molecule has 1 saturated heterocycles. The summed E-state index contributed by atoms with van der Waals surface area (Å²) in [5, 5.41) is 3.68. The Morgan fingerprint density at radius 2 is 2.08 bits per heavy atom. The summed E-state index contributed by atoms with van der Waals surface area (Å²) < 4.78 is 0. The first-order valence-corrected chi connectivity index (χ1v) is 10.2. The molecule has 1 spiro atoms. The maximum Gasteiger partial charge on any atom is 0.129 e. The summed E-state index contributed by atoms with van der Waals surface area (Å²) in [6.07, 6.45) is 8.00. The fourth-order valence-corrected chi connectivity index (χ4v) is 4.93. The molecule has 0 unspecified atom stereocenters. The van der Waals surface area contributed by atoms with Crippen LogP contribution in [-0.2, 0) is 6.54 Å². The van der Waals surface area contributed by atoms with Crippen molar-refractivity contribution in [2.45, 2.75) is 51.1 Å². The molecule has 1 fully saturated rings. The van der Waals surface area contributed by atoms with Gasteiger partial charge in [0, 0.05) is 0 Å². The molecule has 4 heteroatoms. The van der Waals surface area contributed by atoms with Crippen LogP contribution in [0.5, 0.6) is 0 Å². The number of hydrogen-bond acceptors (Lipinski definition) is 3. The van der Waals surface area contributed by atoms with Crippen LogP contribution in [0.1, 0.15) is 43.2 Å². The monoisotopic (exact) mass is 339 g/mol. The fourth-order valence-electron chi connectivity index (χ4n) is 3.76. The van der Waals surface area contributed by atoms with Crippen LogP contribution in [0.25, 0.3) is 0 Å². The number of thioether (sulfide) groups is 1. The van der Waals surface area contributed by atoms with Gasteiger partial charge in [-0.2, -0.15) is 11.8 Å². The first kappa shape index (κ1) is 15.9. The van der Waals surface area contributed by atoms with Gasteiger partial charge in [-0.15, -0.1) is 0 Å². The normalized spacial score (nSPS) is 24.1. The van der Waals surface area contributed by atoms with Crippen molar-refractivity contribution in [2.75, 3.05) is 11.5 Å². The van der Waals surface area contributed by atoms with Crippen LogP contribution in [0.4, 0.5) is 0 Å². The molecular weight excluding hydrogens is 314 g/mol. The minimum atomic E-state index is -0.0993. The minimum absolute atomic E-state index is 0.0993. The first-order valence-electron chi connectivity index (χ1n) is 9.00. The molecule has 1 aliphatic carbocycles. The van der Waals surface area contributed by atoms with Crippen molar-refractivity contribution >= 4 is 23.3 Å². The number of fused-ring (bicyclic) bond motifs is 1. The third-order valence-corrected chi connectivity index (χ3v) is 6.29. The van der Waals surface area contributed by atoms with Crippen LogP contribution < -0.4 is 5.32 Å². The lowest BCUT2D eigenvalue weighted by Gasteiger charge is -2.40. The summed E-state index contributed by atoms with van der Waals surface area (Å²) >= 11 is 2.04. The maximum absolute atomic E-state index is 5.25. The maximum atomic E-state index is 5.25. The van der Waals surface area contributed by atoms with E-state index < -0.39 is 0 Å². The number of benzene rings is 1. The standard InChI is InChI=1S/C20H25N3S/c1-15-6-2-3-7-16(15)14-21-19-20(10-12-24-13-11-20)23-18-9-5-4-8-17(18)22-19/h2-3,6-8H,4-5,9-14H2,1H3,(H,21,22). The summed E-state index contributed by atoms with van der Waals surface area (Å²) in [4.78, 5) is 10.3. The lowest BCUT2D eigenvalue weighted by atomic mass is 9.87. The zero-order chi connectivity index (χ0) is 16.4. The van der Waals surface area contributed by atoms with Gasteiger partial charge in [-0.3, -0.25) is 9.98 Å². The summed E-state index contributed by atoms with van der Waals surface area (Å²) in [6.45, 7) is 2.90. The number of nitrogens with one attached hydrogen (secondary N) is 1. The molecule has 0 radical (unpaired) electrons. The Bertz CT molecular complexity index is 711. The van der Waals surface area contributed by atoms with Crippen molar-refractivity contribution < 1.29 is 0 Å². The molecule has 24 heavy (non-hydrogen) atoms. The summed E-state index contributed by atoms with van der Waals surface area (Å²) in [7, 11) is 0. The molecular formula is C20H25N3S.